The minimum Gasteiger partial charge on any atom is -0.387 e. The van der Waals surface area contributed by atoms with Gasteiger partial charge in [0.2, 0.25) is 0 Å². The van der Waals surface area contributed by atoms with Crippen LogP contribution in [0.1, 0.15) is 36.8 Å². The van der Waals surface area contributed by atoms with E-state index in [0.29, 0.717) is 5.56 Å². The van der Waals surface area contributed by atoms with Gasteiger partial charge in [0.25, 0.3) is 0 Å². The summed E-state index contributed by atoms with van der Waals surface area (Å²) >= 11 is 0. The Morgan fingerprint density at radius 1 is 1.14 bits per heavy atom. The molecule has 0 bridgehead atoms. The van der Waals surface area contributed by atoms with E-state index in [1.165, 1.54) is 12.8 Å². The monoisotopic (exact) mass is 299 g/mol. The van der Waals surface area contributed by atoms with Crippen LogP contribution < -0.4 is 0 Å². The summed E-state index contributed by atoms with van der Waals surface area (Å²) in [5.41, 5.74) is 1.29. The Kier molecular flexibility index (Phi) is 4.77. The molecule has 2 heterocycles. The molecule has 0 radical (unpaired) electrons. The van der Waals surface area contributed by atoms with Crippen molar-refractivity contribution in [2.75, 3.05) is 32.7 Å². The van der Waals surface area contributed by atoms with E-state index in [4.69, 9.17) is 5.26 Å². The highest BCUT2D eigenvalue weighted by atomic mass is 16.3. The molecular weight excluding hydrogens is 274 g/mol. The number of benzene rings is 1. The molecule has 22 heavy (non-hydrogen) atoms. The molecule has 0 saturated carbocycles. The van der Waals surface area contributed by atoms with Crippen LogP contribution in [0.3, 0.4) is 0 Å². The summed E-state index contributed by atoms with van der Waals surface area (Å²) in [6.45, 7) is 5.65. The molecule has 1 N–H and O–H groups in total. The minimum atomic E-state index is -0.574. The van der Waals surface area contributed by atoms with E-state index in [2.05, 4.69) is 21.9 Å². The highest BCUT2D eigenvalue weighted by Gasteiger charge is 2.35. The SMILES string of the molecule is N#Cc1cccc(CN2CCC[C@@](O)(CN3CCCC3)C2)c1. The molecular formula is C18H25N3O. The average molecular weight is 299 g/mol. The number of hydrogen-bond donors (Lipinski definition) is 1. The van der Waals surface area contributed by atoms with Gasteiger partial charge in [-0.2, -0.15) is 5.26 Å². The lowest BCUT2D eigenvalue weighted by Crippen LogP contribution is -2.53. The molecule has 0 aromatic heterocycles. The second-order valence-corrected chi connectivity index (χ2v) is 6.83. The zero-order chi connectivity index (χ0) is 15.4. The second kappa shape index (κ2) is 6.78. The largest absolute Gasteiger partial charge is 0.387 e. The molecule has 2 aliphatic heterocycles. The molecule has 1 atom stereocenters. The number of nitriles is 1. The van der Waals surface area contributed by atoms with Gasteiger partial charge in [0.15, 0.2) is 0 Å². The Morgan fingerprint density at radius 2 is 1.91 bits per heavy atom. The molecule has 2 fully saturated rings. The van der Waals surface area contributed by atoms with Gasteiger partial charge < -0.3 is 10.0 Å². The van der Waals surface area contributed by atoms with Gasteiger partial charge in [0, 0.05) is 19.6 Å². The van der Waals surface area contributed by atoms with Crippen LogP contribution in [0, 0.1) is 11.3 Å². The first-order valence-electron chi connectivity index (χ1n) is 8.33. The second-order valence-electron chi connectivity index (χ2n) is 6.83. The maximum Gasteiger partial charge on any atom is 0.0991 e. The average Bonchev–Trinajstić information content (AvgIpc) is 2.99. The fraction of sp³-hybridized carbons (Fsp3) is 0.611. The number of nitrogens with zero attached hydrogens (tertiary/aromatic N) is 3. The van der Waals surface area contributed by atoms with Gasteiger partial charge in [-0.05, 0) is 63.0 Å². The van der Waals surface area contributed by atoms with E-state index >= 15 is 0 Å². The third-order valence-corrected chi connectivity index (χ3v) is 4.81. The van der Waals surface area contributed by atoms with E-state index < -0.39 is 5.60 Å². The summed E-state index contributed by atoms with van der Waals surface area (Å²) < 4.78 is 0. The van der Waals surface area contributed by atoms with Gasteiger partial charge in [-0.3, -0.25) is 4.90 Å². The number of β-amino-alcohol motifs (C(OH)–C–C–N with tert-alkyl or cyclic N) is 1. The van der Waals surface area contributed by atoms with E-state index in [-0.39, 0.29) is 0 Å². The van der Waals surface area contributed by atoms with Gasteiger partial charge >= 0.3 is 0 Å². The topological polar surface area (TPSA) is 50.5 Å². The van der Waals surface area contributed by atoms with Crippen molar-refractivity contribution in [2.45, 2.75) is 37.8 Å². The molecule has 118 valence electrons. The Morgan fingerprint density at radius 3 is 2.68 bits per heavy atom. The fourth-order valence-corrected chi connectivity index (χ4v) is 3.82. The molecule has 0 aliphatic carbocycles. The lowest BCUT2D eigenvalue weighted by Gasteiger charge is -2.41. The molecule has 4 nitrogen and oxygen atoms in total. The predicted molar refractivity (Wildman–Crippen MR) is 86.3 cm³/mol. The molecule has 0 amide bonds. The first-order valence-corrected chi connectivity index (χ1v) is 8.33. The van der Waals surface area contributed by atoms with Gasteiger partial charge in [-0.25, -0.2) is 0 Å². The summed E-state index contributed by atoms with van der Waals surface area (Å²) in [6.07, 6.45) is 4.47. The normalized spacial score (nSPS) is 26.9. The molecule has 2 aliphatic rings. The number of likely N-dealkylation sites (tertiary alicyclic amines) is 2. The van der Waals surface area contributed by atoms with Crippen molar-refractivity contribution in [3.63, 3.8) is 0 Å². The summed E-state index contributed by atoms with van der Waals surface area (Å²) in [5.74, 6) is 0. The number of hydrogen-bond acceptors (Lipinski definition) is 4. The van der Waals surface area contributed by atoms with E-state index in [0.717, 1.165) is 57.7 Å². The van der Waals surface area contributed by atoms with Crippen molar-refractivity contribution in [1.29, 1.82) is 5.26 Å². The standard InChI is InChI=1S/C18H25N3O/c19-12-16-5-3-6-17(11-16)13-21-10-4-7-18(22,15-21)14-20-8-1-2-9-20/h3,5-6,11,22H,1-2,4,7-10,13-15H2/t18-/m1/s1. The summed E-state index contributed by atoms with van der Waals surface area (Å²) in [7, 11) is 0. The summed E-state index contributed by atoms with van der Waals surface area (Å²) in [5, 5.41) is 19.9. The van der Waals surface area contributed by atoms with Crippen molar-refractivity contribution in [2.24, 2.45) is 0 Å². The molecule has 0 spiro atoms. The molecule has 2 saturated heterocycles. The lowest BCUT2D eigenvalue weighted by atomic mass is 9.92. The third kappa shape index (κ3) is 3.86. The Bertz CT molecular complexity index is 548. The van der Waals surface area contributed by atoms with Crippen LogP contribution >= 0.6 is 0 Å². The van der Waals surface area contributed by atoms with E-state index in [1.807, 2.05) is 18.2 Å². The van der Waals surface area contributed by atoms with Crippen LogP contribution in [0.5, 0.6) is 0 Å². The zero-order valence-electron chi connectivity index (χ0n) is 13.2. The molecule has 3 rings (SSSR count). The fourth-order valence-electron chi connectivity index (χ4n) is 3.82. The smallest absolute Gasteiger partial charge is 0.0991 e. The first-order chi connectivity index (χ1) is 10.7. The van der Waals surface area contributed by atoms with E-state index in [9.17, 15) is 5.11 Å². The van der Waals surface area contributed by atoms with Gasteiger partial charge in [-0.1, -0.05) is 12.1 Å². The third-order valence-electron chi connectivity index (χ3n) is 4.81. The zero-order valence-corrected chi connectivity index (χ0v) is 13.2. The maximum atomic E-state index is 10.9. The Hall–Kier alpha value is -1.41. The van der Waals surface area contributed by atoms with Crippen molar-refractivity contribution >= 4 is 0 Å². The molecule has 4 heteroatoms. The molecule has 0 unspecified atom stereocenters. The minimum absolute atomic E-state index is 0.574. The van der Waals surface area contributed by atoms with Crippen LogP contribution in [0.4, 0.5) is 0 Å². The van der Waals surface area contributed by atoms with E-state index in [1.54, 1.807) is 0 Å². The van der Waals surface area contributed by atoms with Crippen LogP contribution in [0.25, 0.3) is 0 Å². The maximum absolute atomic E-state index is 10.9. The van der Waals surface area contributed by atoms with Gasteiger partial charge in [0.1, 0.15) is 0 Å². The highest BCUT2D eigenvalue weighted by Crippen LogP contribution is 2.25. The number of aliphatic hydroxyl groups is 1. The first kappa shape index (κ1) is 15.5. The van der Waals surface area contributed by atoms with Crippen LogP contribution in [-0.2, 0) is 6.54 Å². The van der Waals surface area contributed by atoms with Crippen LogP contribution in [0.2, 0.25) is 0 Å². The highest BCUT2D eigenvalue weighted by molar-refractivity contribution is 5.32. The lowest BCUT2D eigenvalue weighted by molar-refractivity contribution is -0.0519. The molecule has 1 aromatic rings. The Balaban J connectivity index is 1.61. The quantitative estimate of drug-likeness (QED) is 0.923. The van der Waals surface area contributed by atoms with Crippen LogP contribution in [0.15, 0.2) is 24.3 Å². The summed E-state index contributed by atoms with van der Waals surface area (Å²) in [6, 6.07) is 9.99. The van der Waals surface area contributed by atoms with Gasteiger partial charge in [-0.15, -0.1) is 0 Å². The van der Waals surface area contributed by atoms with Crippen molar-refractivity contribution in [3.05, 3.63) is 35.4 Å². The Labute approximate surface area is 133 Å². The number of piperidine rings is 1. The molecule has 1 aromatic carbocycles. The van der Waals surface area contributed by atoms with Crippen molar-refractivity contribution < 1.29 is 5.11 Å². The van der Waals surface area contributed by atoms with Gasteiger partial charge in [0.05, 0.1) is 17.2 Å². The predicted octanol–water partition coefficient (Wildman–Crippen LogP) is 1.98. The number of rotatable bonds is 4. The van der Waals surface area contributed by atoms with Crippen molar-refractivity contribution in [3.8, 4) is 6.07 Å². The van der Waals surface area contributed by atoms with Crippen molar-refractivity contribution in [1.82, 2.24) is 9.80 Å². The van der Waals surface area contributed by atoms with Crippen LogP contribution in [-0.4, -0.2) is 53.2 Å². The summed E-state index contributed by atoms with van der Waals surface area (Å²) in [4.78, 5) is 4.73.